The molecule has 1 fully saturated rings. The van der Waals surface area contributed by atoms with Crippen LogP contribution in [-0.2, 0) is 17.5 Å². The lowest BCUT2D eigenvalue weighted by atomic mass is 10.1. The summed E-state index contributed by atoms with van der Waals surface area (Å²) in [5, 5.41) is 2.55. The van der Waals surface area contributed by atoms with Crippen molar-refractivity contribution in [1.82, 2.24) is 14.8 Å². The summed E-state index contributed by atoms with van der Waals surface area (Å²) in [5.41, 5.74) is 1.87. The summed E-state index contributed by atoms with van der Waals surface area (Å²) < 4.78 is 40.7. The lowest BCUT2D eigenvalue weighted by Gasteiger charge is -2.12. The number of halogens is 3. The summed E-state index contributed by atoms with van der Waals surface area (Å²) in [6.45, 7) is 2.04. The van der Waals surface area contributed by atoms with Crippen LogP contribution in [0.15, 0.2) is 72.6 Å². The zero-order valence-electron chi connectivity index (χ0n) is 16.5. The Kier molecular flexibility index (Phi) is 5.14. The number of amides is 3. The van der Waals surface area contributed by atoms with Crippen molar-refractivity contribution >= 4 is 18.0 Å². The third-order valence-corrected chi connectivity index (χ3v) is 4.91. The minimum absolute atomic E-state index is 0.0598. The van der Waals surface area contributed by atoms with Crippen molar-refractivity contribution in [2.24, 2.45) is 0 Å². The first kappa shape index (κ1) is 20.5. The molecular weight excluding hydrogens is 407 g/mol. The van der Waals surface area contributed by atoms with Crippen LogP contribution in [0.1, 0.15) is 22.4 Å². The van der Waals surface area contributed by atoms with Gasteiger partial charge in [0.15, 0.2) is 0 Å². The molecule has 2 aromatic carbocycles. The number of urea groups is 1. The van der Waals surface area contributed by atoms with Gasteiger partial charge in [-0.15, -0.1) is 0 Å². The number of hydrogen-bond donors (Lipinski definition) is 1. The lowest BCUT2D eigenvalue weighted by Crippen LogP contribution is -2.30. The van der Waals surface area contributed by atoms with Crippen molar-refractivity contribution in [3.05, 3.63) is 94.9 Å². The Morgan fingerprint density at radius 2 is 1.77 bits per heavy atom. The van der Waals surface area contributed by atoms with Gasteiger partial charge in [-0.3, -0.25) is 9.69 Å². The molecule has 2 heterocycles. The van der Waals surface area contributed by atoms with Crippen molar-refractivity contribution in [3.63, 3.8) is 0 Å². The number of nitrogens with one attached hydrogen (secondary N) is 1. The molecule has 3 amide bonds. The van der Waals surface area contributed by atoms with Gasteiger partial charge in [-0.2, -0.15) is 13.2 Å². The maximum Gasteiger partial charge on any atom is 0.416 e. The average molecular weight is 425 g/mol. The zero-order valence-corrected chi connectivity index (χ0v) is 16.5. The van der Waals surface area contributed by atoms with Gasteiger partial charge < -0.3 is 9.88 Å². The Morgan fingerprint density at radius 1 is 1.00 bits per heavy atom. The molecule has 1 aromatic heterocycles. The monoisotopic (exact) mass is 425 g/mol. The SMILES string of the molecule is Cc1cccc(CN2C(=O)N/C(=C/c3cccn3-c3cccc(C(F)(F)F)c3)C2=O)c1. The van der Waals surface area contributed by atoms with Crippen molar-refractivity contribution in [2.45, 2.75) is 19.6 Å². The lowest BCUT2D eigenvalue weighted by molar-refractivity contribution is -0.137. The molecule has 0 saturated carbocycles. The van der Waals surface area contributed by atoms with E-state index < -0.39 is 23.7 Å². The maximum atomic E-state index is 13.1. The predicted molar refractivity (Wildman–Crippen MR) is 109 cm³/mol. The molecule has 31 heavy (non-hydrogen) atoms. The Hall–Kier alpha value is -3.81. The minimum Gasteiger partial charge on any atom is -0.317 e. The van der Waals surface area contributed by atoms with Gasteiger partial charge in [0, 0.05) is 17.6 Å². The molecule has 8 heteroatoms. The van der Waals surface area contributed by atoms with Gasteiger partial charge in [-0.25, -0.2) is 4.79 Å². The van der Waals surface area contributed by atoms with Crippen LogP contribution >= 0.6 is 0 Å². The van der Waals surface area contributed by atoms with E-state index in [1.165, 1.54) is 22.8 Å². The van der Waals surface area contributed by atoms with Crippen molar-refractivity contribution < 1.29 is 22.8 Å². The fourth-order valence-electron chi connectivity index (χ4n) is 3.44. The summed E-state index contributed by atoms with van der Waals surface area (Å²) in [4.78, 5) is 26.2. The normalized spacial score (nSPS) is 15.6. The fourth-order valence-corrected chi connectivity index (χ4v) is 3.44. The first-order chi connectivity index (χ1) is 14.7. The molecule has 3 aromatic rings. The minimum atomic E-state index is -4.46. The maximum absolute atomic E-state index is 13.1. The van der Waals surface area contributed by atoms with Crippen LogP contribution < -0.4 is 5.32 Å². The Bertz CT molecular complexity index is 1190. The summed E-state index contributed by atoms with van der Waals surface area (Å²) in [6.07, 6.45) is -1.42. The van der Waals surface area contributed by atoms with Gasteiger partial charge in [0.1, 0.15) is 5.70 Å². The van der Waals surface area contributed by atoms with E-state index in [-0.39, 0.29) is 12.2 Å². The molecule has 1 saturated heterocycles. The second-order valence-corrected chi connectivity index (χ2v) is 7.22. The summed E-state index contributed by atoms with van der Waals surface area (Å²) in [6, 6.07) is 15.1. The van der Waals surface area contributed by atoms with E-state index in [2.05, 4.69) is 5.32 Å². The standard InChI is InChI=1S/C23H18F3N3O2/c1-15-5-2-6-16(11-15)14-29-21(30)20(27-22(29)31)13-19-9-4-10-28(19)18-8-3-7-17(12-18)23(24,25)26/h2-13H,14H2,1H3,(H,27,31)/b20-13+. The van der Waals surface area contributed by atoms with Gasteiger partial charge in [-0.05, 0) is 48.9 Å². The molecule has 5 nitrogen and oxygen atoms in total. The summed E-state index contributed by atoms with van der Waals surface area (Å²) in [5.74, 6) is -0.497. The molecule has 1 aliphatic heterocycles. The molecule has 1 aliphatic rings. The number of carbonyl (C=O) groups excluding carboxylic acids is 2. The van der Waals surface area contributed by atoms with Crippen LogP contribution in [-0.4, -0.2) is 21.4 Å². The van der Waals surface area contributed by atoms with E-state index in [1.807, 2.05) is 31.2 Å². The van der Waals surface area contributed by atoms with E-state index in [0.29, 0.717) is 11.4 Å². The smallest absolute Gasteiger partial charge is 0.317 e. The second kappa shape index (κ2) is 7.79. The average Bonchev–Trinajstić information content (AvgIpc) is 3.28. The van der Waals surface area contributed by atoms with Crippen LogP contribution in [0.4, 0.5) is 18.0 Å². The third-order valence-electron chi connectivity index (χ3n) is 4.91. The number of rotatable bonds is 4. The molecular formula is C23H18F3N3O2. The highest BCUT2D eigenvalue weighted by molar-refractivity contribution is 6.13. The Labute approximate surface area is 176 Å². The van der Waals surface area contributed by atoms with Gasteiger partial charge in [0.2, 0.25) is 0 Å². The number of imide groups is 1. The molecule has 1 N–H and O–H groups in total. The van der Waals surface area contributed by atoms with Crippen molar-refractivity contribution in [1.29, 1.82) is 0 Å². The first-order valence-corrected chi connectivity index (χ1v) is 9.47. The number of hydrogen-bond acceptors (Lipinski definition) is 2. The number of benzene rings is 2. The van der Waals surface area contributed by atoms with E-state index in [1.54, 1.807) is 18.3 Å². The number of aromatic nitrogens is 1. The predicted octanol–water partition coefficient (Wildman–Crippen LogP) is 4.90. The zero-order chi connectivity index (χ0) is 22.2. The highest BCUT2D eigenvalue weighted by atomic mass is 19.4. The second-order valence-electron chi connectivity index (χ2n) is 7.22. The molecule has 4 rings (SSSR count). The Morgan fingerprint density at radius 3 is 2.52 bits per heavy atom. The van der Waals surface area contributed by atoms with E-state index >= 15 is 0 Å². The van der Waals surface area contributed by atoms with Gasteiger partial charge >= 0.3 is 12.2 Å². The molecule has 0 radical (unpaired) electrons. The molecule has 0 unspecified atom stereocenters. The van der Waals surface area contributed by atoms with Crippen LogP contribution in [0.25, 0.3) is 11.8 Å². The number of carbonyl (C=O) groups is 2. The van der Waals surface area contributed by atoms with E-state index in [9.17, 15) is 22.8 Å². The largest absolute Gasteiger partial charge is 0.416 e. The van der Waals surface area contributed by atoms with Crippen LogP contribution in [0, 0.1) is 6.92 Å². The van der Waals surface area contributed by atoms with Crippen molar-refractivity contribution in [2.75, 3.05) is 0 Å². The van der Waals surface area contributed by atoms with Crippen molar-refractivity contribution in [3.8, 4) is 5.69 Å². The van der Waals surface area contributed by atoms with E-state index in [4.69, 9.17) is 0 Å². The third kappa shape index (κ3) is 4.23. The van der Waals surface area contributed by atoms with Crippen LogP contribution in [0.5, 0.6) is 0 Å². The van der Waals surface area contributed by atoms with E-state index in [0.717, 1.165) is 28.2 Å². The topological polar surface area (TPSA) is 54.3 Å². The quantitative estimate of drug-likeness (QED) is 0.478. The van der Waals surface area contributed by atoms with Crippen LogP contribution in [0.3, 0.4) is 0 Å². The summed E-state index contributed by atoms with van der Waals surface area (Å²) in [7, 11) is 0. The Balaban J connectivity index is 1.62. The van der Waals surface area contributed by atoms with Gasteiger partial charge in [0.25, 0.3) is 5.91 Å². The number of aryl methyl sites for hydroxylation is 1. The van der Waals surface area contributed by atoms with Crippen LogP contribution in [0.2, 0.25) is 0 Å². The molecule has 158 valence electrons. The molecule has 0 atom stereocenters. The van der Waals surface area contributed by atoms with Gasteiger partial charge in [-0.1, -0.05) is 35.9 Å². The van der Waals surface area contributed by atoms with Gasteiger partial charge in [0.05, 0.1) is 12.1 Å². The highest BCUT2D eigenvalue weighted by Crippen LogP contribution is 2.31. The molecule has 0 aliphatic carbocycles. The highest BCUT2D eigenvalue weighted by Gasteiger charge is 2.34. The number of nitrogens with zero attached hydrogens (tertiary/aromatic N) is 2. The molecule has 0 bridgehead atoms. The summed E-state index contributed by atoms with van der Waals surface area (Å²) >= 11 is 0. The number of alkyl halides is 3. The fraction of sp³-hybridized carbons (Fsp3) is 0.130. The first-order valence-electron chi connectivity index (χ1n) is 9.47. The molecule has 0 spiro atoms.